The first-order chi connectivity index (χ1) is 6.93. The Kier molecular flexibility index (Phi) is 2.21. The van der Waals surface area contributed by atoms with Crippen molar-refractivity contribution in [2.24, 2.45) is 5.41 Å². The first kappa shape index (κ1) is 10.4. The molecule has 82 valence electrons. The van der Waals surface area contributed by atoms with Crippen LogP contribution in [-0.4, -0.2) is 17.9 Å². The van der Waals surface area contributed by atoms with E-state index < -0.39 is 5.41 Å². The van der Waals surface area contributed by atoms with Crippen molar-refractivity contribution >= 4 is 11.8 Å². The lowest BCUT2D eigenvalue weighted by molar-refractivity contribution is -0.142. The molecule has 3 nitrogen and oxygen atoms in total. The number of esters is 1. The van der Waals surface area contributed by atoms with E-state index in [0.29, 0.717) is 6.42 Å². The van der Waals surface area contributed by atoms with Crippen LogP contribution < -0.4 is 0 Å². The minimum Gasteiger partial charge on any atom is -0.461 e. The van der Waals surface area contributed by atoms with Gasteiger partial charge in [-0.3, -0.25) is 9.59 Å². The van der Waals surface area contributed by atoms with Gasteiger partial charge in [-0.25, -0.2) is 0 Å². The predicted octanol–water partition coefficient (Wildman–Crippen LogP) is 2.01. The lowest BCUT2D eigenvalue weighted by Gasteiger charge is -2.33. The van der Waals surface area contributed by atoms with Gasteiger partial charge in [-0.1, -0.05) is 11.1 Å². The van der Waals surface area contributed by atoms with Crippen LogP contribution in [0.15, 0.2) is 11.1 Å². The number of Topliss-reactive ketones (excluding diaryl/α,β-unsaturated/α-hetero) is 1. The van der Waals surface area contributed by atoms with Crippen LogP contribution in [0.5, 0.6) is 0 Å². The monoisotopic (exact) mass is 208 g/mol. The molecule has 3 heteroatoms. The summed E-state index contributed by atoms with van der Waals surface area (Å²) < 4.78 is 5.23. The Bertz CT molecular complexity index is 363. The first-order valence-corrected chi connectivity index (χ1v) is 5.31. The first-order valence-electron chi connectivity index (χ1n) is 5.31. The van der Waals surface area contributed by atoms with Crippen molar-refractivity contribution < 1.29 is 14.3 Å². The maximum absolute atomic E-state index is 12.0. The van der Waals surface area contributed by atoms with Crippen LogP contribution in [0.1, 0.15) is 40.0 Å². The van der Waals surface area contributed by atoms with Crippen LogP contribution in [0.2, 0.25) is 0 Å². The number of hydrogen-bond donors (Lipinski definition) is 0. The van der Waals surface area contributed by atoms with Gasteiger partial charge in [0, 0.05) is 12.8 Å². The number of ketones is 1. The van der Waals surface area contributed by atoms with Crippen LogP contribution in [0.4, 0.5) is 0 Å². The van der Waals surface area contributed by atoms with Gasteiger partial charge in [0.2, 0.25) is 0 Å². The van der Waals surface area contributed by atoms with Crippen molar-refractivity contribution in [3.63, 3.8) is 0 Å². The minimum atomic E-state index is -0.559. The van der Waals surface area contributed by atoms with E-state index in [-0.39, 0.29) is 24.3 Å². The summed E-state index contributed by atoms with van der Waals surface area (Å²) in [5.74, 6) is -0.0772. The molecule has 1 aliphatic heterocycles. The third-order valence-electron chi connectivity index (χ3n) is 3.65. The second kappa shape index (κ2) is 3.19. The van der Waals surface area contributed by atoms with Crippen LogP contribution in [0.25, 0.3) is 0 Å². The van der Waals surface area contributed by atoms with Gasteiger partial charge < -0.3 is 4.74 Å². The van der Waals surface area contributed by atoms with Crippen LogP contribution in [-0.2, 0) is 14.3 Å². The maximum atomic E-state index is 12.0. The van der Waals surface area contributed by atoms with Gasteiger partial charge in [0.1, 0.15) is 11.9 Å². The summed E-state index contributed by atoms with van der Waals surface area (Å²) in [6.07, 6.45) is 1.26. The summed E-state index contributed by atoms with van der Waals surface area (Å²) in [4.78, 5) is 23.2. The molecule has 1 saturated heterocycles. The van der Waals surface area contributed by atoms with Gasteiger partial charge >= 0.3 is 5.97 Å². The molecule has 0 aromatic rings. The Hall–Kier alpha value is -1.12. The minimum absolute atomic E-state index is 0.154. The largest absolute Gasteiger partial charge is 0.461 e. The van der Waals surface area contributed by atoms with Gasteiger partial charge in [-0.15, -0.1) is 0 Å². The fourth-order valence-electron chi connectivity index (χ4n) is 2.36. The molecule has 1 saturated carbocycles. The topological polar surface area (TPSA) is 43.4 Å². The van der Waals surface area contributed by atoms with Crippen LogP contribution >= 0.6 is 0 Å². The van der Waals surface area contributed by atoms with Crippen molar-refractivity contribution in [2.75, 3.05) is 0 Å². The van der Waals surface area contributed by atoms with Gasteiger partial charge in [0.25, 0.3) is 0 Å². The van der Waals surface area contributed by atoms with Crippen molar-refractivity contribution in [1.82, 2.24) is 0 Å². The molecule has 0 amide bonds. The SMILES string of the molecule is CC(C)=C1CC(=O)C2(C)CC(=O)OC2C1. The summed E-state index contributed by atoms with van der Waals surface area (Å²) in [6, 6.07) is 0. The third kappa shape index (κ3) is 1.50. The molecule has 2 aliphatic rings. The molecular weight excluding hydrogens is 192 g/mol. The molecule has 0 bridgehead atoms. The molecule has 0 aromatic heterocycles. The lowest BCUT2D eigenvalue weighted by atomic mass is 9.69. The van der Waals surface area contributed by atoms with Crippen LogP contribution in [0, 0.1) is 5.41 Å². The molecule has 2 atom stereocenters. The highest BCUT2D eigenvalue weighted by atomic mass is 16.6. The number of carbonyl (C=O) groups excluding carboxylic acids is 2. The van der Waals surface area contributed by atoms with Gasteiger partial charge in [0.05, 0.1) is 11.8 Å². The number of ether oxygens (including phenoxy) is 1. The quantitative estimate of drug-likeness (QED) is 0.452. The van der Waals surface area contributed by atoms with E-state index in [0.717, 1.165) is 12.0 Å². The number of carbonyl (C=O) groups is 2. The maximum Gasteiger partial charge on any atom is 0.307 e. The predicted molar refractivity (Wildman–Crippen MR) is 55.2 cm³/mol. The van der Waals surface area contributed by atoms with E-state index in [2.05, 4.69) is 0 Å². The molecule has 1 heterocycles. The Balaban J connectivity index is 2.33. The highest BCUT2D eigenvalue weighted by Gasteiger charge is 2.53. The molecule has 0 radical (unpaired) electrons. The summed E-state index contributed by atoms with van der Waals surface area (Å²) in [6.45, 7) is 5.86. The van der Waals surface area contributed by atoms with Crippen molar-refractivity contribution in [1.29, 1.82) is 0 Å². The van der Waals surface area contributed by atoms with Crippen molar-refractivity contribution in [2.45, 2.75) is 46.1 Å². The molecule has 2 rings (SSSR count). The van der Waals surface area contributed by atoms with E-state index in [1.165, 1.54) is 5.57 Å². The number of hydrogen-bond acceptors (Lipinski definition) is 3. The average Bonchev–Trinajstić information content (AvgIpc) is 2.41. The molecule has 2 fully saturated rings. The van der Waals surface area contributed by atoms with Crippen molar-refractivity contribution in [3.05, 3.63) is 11.1 Å². The zero-order valence-corrected chi connectivity index (χ0v) is 9.42. The summed E-state index contributed by atoms with van der Waals surface area (Å²) in [5, 5.41) is 0. The van der Waals surface area contributed by atoms with Gasteiger partial charge in [-0.2, -0.15) is 0 Å². The summed E-state index contributed by atoms with van der Waals surface area (Å²) in [5.41, 5.74) is 1.75. The standard InChI is InChI=1S/C12H16O3/c1-7(2)8-4-9(13)12(3)6-11(14)15-10(12)5-8/h10H,4-6H2,1-3H3. The molecule has 0 N–H and O–H groups in total. The normalized spacial score (nSPS) is 35.1. The van der Waals surface area contributed by atoms with Crippen LogP contribution in [0.3, 0.4) is 0 Å². The second-order valence-electron chi connectivity index (χ2n) is 4.98. The number of fused-ring (bicyclic) bond motifs is 1. The van der Waals surface area contributed by atoms with Crippen molar-refractivity contribution in [3.8, 4) is 0 Å². The fraction of sp³-hybridized carbons (Fsp3) is 0.667. The Morgan fingerprint density at radius 1 is 1.40 bits per heavy atom. The molecule has 0 spiro atoms. The molecular formula is C12H16O3. The molecule has 2 unspecified atom stereocenters. The highest BCUT2D eigenvalue weighted by Crippen LogP contribution is 2.45. The van der Waals surface area contributed by atoms with E-state index in [1.807, 2.05) is 20.8 Å². The lowest BCUT2D eigenvalue weighted by Crippen LogP contribution is -2.40. The Labute approximate surface area is 89.5 Å². The zero-order chi connectivity index (χ0) is 11.2. The van der Waals surface area contributed by atoms with E-state index in [9.17, 15) is 9.59 Å². The highest BCUT2D eigenvalue weighted by molar-refractivity contribution is 5.94. The third-order valence-corrected chi connectivity index (χ3v) is 3.65. The van der Waals surface area contributed by atoms with E-state index in [4.69, 9.17) is 4.74 Å². The van der Waals surface area contributed by atoms with E-state index >= 15 is 0 Å². The molecule has 1 aliphatic carbocycles. The number of rotatable bonds is 0. The fourth-order valence-corrected chi connectivity index (χ4v) is 2.36. The Morgan fingerprint density at radius 2 is 2.07 bits per heavy atom. The smallest absolute Gasteiger partial charge is 0.307 e. The zero-order valence-electron chi connectivity index (χ0n) is 9.42. The second-order valence-corrected chi connectivity index (χ2v) is 4.98. The van der Waals surface area contributed by atoms with Gasteiger partial charge in [-0.05, 0) is 20.8 Å². The average molecular weight is 208 g/mol. The van der Waals surface area contributed by atoms with Gasteiger partial charge in [0.15, 0.2) is 0 Å². The molecule has 15 heavy (non-hydrogen) atoms. The Morgan fingerprint density at radius 3 is 2.67 bits per heavy atom. The van der Waals surface area contributed by atoms with E-state index in [1.54, 1.807) is 0 Å². The molecule has 0 aromatic carbocycles. The summed E-state index contributed by atoms with van der Waals surface area (Å²) in [7, 11) is 0. The number of allylic oxidation sites excluding steroid dienone is 1. The summed E-state index contributed by atoms with van der Waals surface area (Å²) >= 11 is 0.